The van der Waals surface area contributed by atoms with Crippen LogP contribution >= 0.6 is 0 Å². The SMILES string of the molecule is C[C@]12CCC(CC(=O)NCc3ccc(F)cc3)(O1)c1c2c(O)n(-c2ccc(C#N)c3ccccc23)c1O. The van der Waals surface area contributed by atoms with Gasteiger partial charge in [0.25, 0.3) is 0 Å². The van der Waals surface area contributed by atoms with Crippen LogP contribution in [-0.4, -0.2) is 20.7 Å². The molecule has 7 nitrogen and oxygen atoms in total. The lowest BCUT2D eigenvalue weighted by molar-refractivity contribution is -0.132. The zero-order chi connectivity index (χ0) is 25.9. The van der Waals surface area contributed by atoms with Crippen molar-refractivity contribution in [2.75, 3.05) is 0 Å². The molecule has 0 saturated carbocycles. The van der Waals surface area contributed by atoms with Crippen LogP contribution in [0.2, 0.25) is 0 Å². The van der Waals surface area contributed by atoms with Crippen LogP contribution in [-0.2, 0) is 27.3 Å². The summed E-state index contributed by atoms with van der Waals surface area (Å²) in [7, 11) is 0. The van der Waals surface area contributed by atoms with Gasteiger partial charge < -0.3 is 20.3 Å². The van der Waals surface area contributed by atoms with E-state index in [0.717, 1.165) is 5.56 Å². The predicted molar refractivity (Wildman–Crippen MR) is 134 cm³/mol. The minimum absolute atomic E-state index is 0.0398. The molecule has 1 unspecified atom stereocenters. The van der Waals surface area contributed by atoms with Crippen LogP contribution in [0, 0.1) is 17.1 Å². The van der Waals surface area contributed by atoms with Crippen LogP contribution in [0.15, 0.2) is 60.7 Å². The second-order valence-corrected chi connectivity index (χ2v) is 9.93. The third kappa shape index (κ3) is 3.39. The number of hydrogen-bond acceptors (Lipinski definition) is 5. The summed E-state index contributed by atoms with van der Waals surface area (Å²) in [5.41, 5.74) is 0.727. The van der Waals surface area contributed by atoms with E-state index in [2.05, 4.69) is 11.4 Å². The largest absolute Gasteiger partial charge is 0.494 e. The highest BCUT2D eigenvalue weighted by molar-refractivity contribution is 5.95. The Morgan fingerprint density at radius 1 is 1.05 bits per heavy atom. The van der Waals surface area contributed by atoms with Crippen molar-refractivity contribution in [3.8, 4) is 23.5 Å². The van der Waals surface area contributed by atoms with Gasteiger partial charge in [0.1, 0.15) is 11.4 Å². The number of hydrogen-bond donors (Lipinski definition) is 3. The number of aromatic hydroxyl groups is 2. The number of aromatic nitrogens is 1. The van der Waals surface area contributed by atoms with Gasteiger partial charge in [-0.2, -0.15) is 5.26 Å². The van der Waals surface area contributed by atoms with Gasteiger partial charge in [-0.25, -0.2) is 4.39 Å². The smallest absolute Gasteiger partial charge is 0.223 e. The third-order valence-electron chi connectivity index (χ3n) is 7.64. The van der Waals surface area contributed by atoms with Gasteiger partial charge in [0.2, 0.25) is 17.7 Å². The number of ether oxygens (including phenoxy) is 1. The molecule has 2 atom stereocenters. The molecule has 3 heterocycles. The van der Waals surface area contributed by atoms with E-state index in [0.29, 0.717) is 46.0 Å². The van der Waals surface area contributed by atoms with Crippen molar-refractivity contribution >= 4 is 16.7 Å². The first-order valence-corrected chi connectivity index (χ1v) is 12.1. The number of carbonyl (C=O) groups excluding carboxylic acids is 1. The minimum Gasteiger partial charge on any atom is -0.494 e. The number of halogens is 1. The second kappa shape index (κ2) is 8.08. The van der Waals surface area contributed by atoms with Gasteiger partial charge in [0.15, 0.2) is 0 Å². The quantitative estimate of drug-likeness (QED) is 0.360. The highest BCUT2D eigenvalue weighted by Gasteiger charge is 2.62. The Hall–Kier alpha value is -4.35. The molecule has 1 fully saturated rings. The first-order valence-electron chi connectivity index (χ1n) is 12.1. The Kier molecular flexibility index (Phi) is 5.04. The van der Waals surface area contributed by atoms with Crippen molar-refractivity contribution in [3.05, 3.63) is 88.7 Å². The number of rotatable bonds is 5. The van der Waals surface area contributed by atoms with E-state index in [1.807, 2.05) is 31.2 Å². The number of nitriles is 1. The Morgan fingerprint density at radius 3 is 2.49 bits per heavy atom. The molecule has 1 amide bonds. The Morgan fingerprint density at radius 2 is 1.76 bits per heavy atom. The summed E-state index contributed by atoms with van der Waals surface area (Å²) in [5, 5.41) is 36.7. The van der Waals surface area contributed by atoms with Gasteiger partial charge in [0.05, 0.1) is 40.5 Å². The first kappa shape index (κ1) is 23.1. The number of fused-ring (bicyclic) bond motifs is 6. The molecule has 3 N–H and O–H groups in total. The molecule has 186 valence electrons. The maximum absolute atomic E-state index is 13.2. The molecule has 2 aliphatic heterocycles. The second-order valence-electron chi connectivity index (χ2n) is 9.93. The number of nitrogens with zero attached hydrogens (tertiary/aromatic N) is 2. The summed E-state index contributed by atoms with van der Waals surface area (Å²) in [5.74, 6) is -0.951. The number of nitrogens with one attached hydrogen (secondary N) is 1. The molecule has 6 rings (SSSR count). The average Bonchev–Trinajstić information content (AvgIpc) is 3.47. The van der Waals surface area contributed by atoms with E-state index in [1.165, 1.54) is 16.7 Å². The molecule has 0 radical (unpaired) electrons. The van der Waals surface area contributed by atoms with Gasteiger partial charge in [-0.05, 0) is 49.6 Å². The zero-order valence-corrected chi connectivity index (χ0v) is 20.1. The van der Waals surface area contributed by atoms with E-state index in [1.54, 1.807) is 24.3 Å². The van der Waals surface area contributed by atoms with E-state index in [9.17, 15) is 24.7 Å². The fourth-order valence-corrected chi connectivity index (χ4v) is 5.95. The molecule has 0 aliphatic carbocycles. The minimum atomic E-state index is -1.09. The lowest BCUT2D eigenvalue weighted by atomic mass is 9.77. The zero-order valence-electron chi connectivity index (χ0n) is 20.1. The van der Waals surface area contributed by atoms with Crippen molar-refractivity contribution in [3.63, 3.8) is 0 Å². The maximum Gasteiger partial charge on any atom is 0.223 e. The standard InChI is InChI=1S/C29H24FN3O4/c1-28-12-13-29(37-28,14-23(34)32-16-17-6-9-19(30)10-7-17)25-24(28)26(35)33(27(25)36)22-11-8-18(15-31)20-4-2-3-5-21(20)22/h2-11,35-36H,12-14,16H2,1H3,(H,32,34)/t28-,29?/m1/s1. The van der Waals surface area contributed by atoms with Crippen molar-refractivity contribution in [1.29, 1.82) is 5.26 Å². The molecule has 2 aliphatic rings. The number of benzene rings is 3. The van der Waals surface area contributed by atoms with Crippen LogP contribution < -0.4 is 5.32 Å². The Labute approximate surface area is 212 Å². The molecule has 8 heteroatoms. The molecular formula is C29H24FN3O4. The van der Waals surface area contributed by atoms with Gasteiger partial charge >= 0.3 is 0 Å². The van der Waals surface area contributed by atoms with Crippen molar-refractivity contribution in [2.45, 2.75) is 43.9 Å². The van der Waals surface area contributed by atoms with Crippen molar-refractivity contribution in [1.82, 2.24) is 9.88 Å². The lowest BCUT2D eigenvalue weighted by Crippen LogP contribution is -2.33. The fourth-order valence-electron chi connectivity index (χ4n) is 5.95. The molecule has 3 aromatic carbocycles. The molecule has 1 aromatic heterocycles. The summed E-state index contributed by atoms with van der Waals surface area (Å²) in [6.45, 7) is 2.09. The summed E-state index contributed by atoms with van der Waals surface area (Å²) in [4.78, 5) is 13.0. The Balaban J connectivity index is 1.39. The van der Waals surface area contributed by atoms with Gasteiger partial charge in [-0.3, -0.25) is 9.36 Å². The summed E-state index contributed by atoms with van der Waals surface area (Å²) in [6.07, 6.45) is 1.05. The van der Waals surface area contributed by atoms with Crippen LogP contribution in [0.25, 0.3) is 16.5 Å². The maximum atomic E-state index is 13.2. The number of amides is 1. The van der Waals surface area contributed by atoms with Crippen LogP contribution in [0.4, 0.5) is 4.39 Å². The molecule has 4 aromatic rings. The van der Waals surface area contributed by atoms with E-state index in [4.69, 9.17) is 4.74 Å². The van der Waals surface area contributed by atoms with E-state index in [-0.39, 0.29) is 36.4 Å². The summed E-state index contributed by atoms with van der Waals surface area (Å²) >= 11 is 0. The molecular weight excluding hydrogens is 473 g/mol. The van der Waals surface area contributed by atoms with Gasteiger partial charge in [-0.15, -0.1) is 0 Å². The fraction of sp³-hybridized carbons (Fsp3) is 0.241. The summed E-state index contributed by atoms with van der Waals surface area (Å²) < 4.78 is 21.0. The topological polar surface area (TPSA) is 108 Å². The van der Waals surface area contributed by atoms with E-state index >= 15 is 0 Å². The first-order chi connectivity index (χ1) is 17.8. The van der Waals surface area contributed by atoms with Crippen molar-refractivity contribution < 1.29 is 24.1 Å². The normalized spacial score (nSPS) is 21.6. The molecule has 0 spiro atoms. The average molecular weight is 498 g/mol. The van der Waals surface area contributed by atoms with Crippen LogP contribution in [0.5, 0.6) is 11.8 Å². The van der Waals surface area contributed by atoms with E-state index < -0.39 is 11.2 Å². The van der Waals surface area contributed by atoms with Crippen molar-refractivity contribution in [2.24, 2.45) is 0 Å². The molecule has 1 saturated heterocycles. The number of carbonyl (C=O) groups is 1. The monoisotopic (exact) mass is 497 g/mol. The summed E-state index contributed by atoms with van der Waals surface area (Å²) in [6, 6.07) is 18.8. The highest BCUT2D eigenvalue weighted by Crippen LogP contribution is 2.65. The van der Waals surface area contributed by atoms with Gasteiger partial charge in [0, 0.05) is 17.3 Å². The predicted octanol–water partition coefficient (Wildman–Crippen LogP) is 4.99. The van der Waals surface area contributed by atoms with Crippen LogP contribution in [0.1, 0.15) is 48.4 Å². The Bertz CT molecular complexity index is 1620. The van der Waals surface area contributed by atoms with Gasteiger partial charge in [-0.1, -0.05) is 36.4 Å². The third-order valence-corrected chi connectivity index (χ3v) is 7.64. The highest BCUT2D eigenvalue weighted by atomic mass is 19.1. The van der Waals surface area contributed by atoms with Crippen LogP contribution in [0.3, 0.4) is 0 Å². The molecule has 2 bridgehead atoms. The molecule has 37 heavy (non-hydrogen) atoms. The lowest BCUT2D eigenvalue weighted by Gasteiger charge is -2.25.